The number of nitrogens with one attached hydrogen (secondary N) is 1. The van der Waals surface area contributed by atoms with Crippen molar-refractivity contribution in [2.24, 2.45) is 0 Å². The number of hydrazine groups is 1. The van der Waals surface area contributed by atoms with E-state index in [1.165, 1.54) is 4.88 Å². The molecule has 1 N–H and O–H groups in total. The van der Waals surface area contributed by atoms with Crippen LogP contribution in [0.2, 0.25) is 0 Å². The van der Waals surface area contributed by atoms with Crippen molar-refractivity contribution in [3.8, 4) is 5.75 Å². The van der Waals surface area contributed by atoms with Gasteiger partial charge >= 0.3 is 0 Å². The fourth-order valence-corrected chi connectivity index (χ4v) is 3.65. The molecule has 1 atom stereocenters. The number of ether oxygens (including phenoxy) is 1. The van der Waals surface area contributed by atoms with Gasteiger partial charge in [0.2, 0.25) is 0 Å². The van der Waals surface area contributed by atoms with E-state index in [4.69, 9.17) is 4.74 Å². The van der Waals surface area contributed by atoms with E-state index in [1.807, 2.05) is 18.2 Å². The van der Waals surface area contributed by atoms with Crippen molar-refractivity contribution in [3.05, 3.63) is 94.7 Å². The van der Waals surface area contributed by atoms with E-state index in [2.05, 4.69) is 82.6 Å². The van der Waals surface area contributed by atoms with Crippen molar-refractivity contribution in [2.45, 2.75) is 6.04 Å². The Labute approximate surface area is 157 Å². The Balaban J connectivity index is 1.61. The fourth-order valence-electron chi connectivity index (χ4n) is 2.95. The molecule has 1 aliphatic rings. The maximum absolute atomic E-state index is 5.23. The number of benzene rings is 2. The molecule has 2 aromatic carbocycles. The van der Waals surface area contributed by atoms with Gasteiger partial charge in [-0.1, -0.05) is 48.6 Å². The lowest BCUT2D eigenvalue weighted by Crippen LogP contribution is -2.37. The second kappa shape index (κ2) is 7.50. The number of hydrogen-bond donors (Lipinski definition) is 1. The lowest BCUT2D eigenvalue weighted by molar-refractivity contribution is 0.415. The summed E-state index contributed by atoms with van der Waals surface area (Å²) >= 11 is 1.74. The summed E-state index contributed by atoms with van der Waals surface area (Å²) in [5.74, 6) is 0.871. The first-order valence-electron chi connectivity index (χ1n) is 8.52. The highest BCUT2D eigenvalue weighted by atomic mass is 32.1. The van der Waals surface area contributed by atoms with E-state index in [0.29, 0.717) is 0 Å². The normalized spacial score (nSPS) is 16.6. The minimum absolute atomic E-state index is 0.136. The maximum Gasteiger partial charge on any atom is 0.118 e. The molecular formula is C22H20N2OS. The van der Waals surface area contributed by atoms with E-state index >= 15 is 0 Å². The molecule has 0 amide bonds. The molecule has 26 heavy (non-hydrogen) atoms. The molecule has 4 heteroatoms. The predicted octanol–water partition coefficient (Wildman–Crippen LogP) is 5.20. The van der Waals surface area contributed by atoms with Crippen LogP contribution in [-0.4, -0.2) is 13.2 Å². The van der Waals surface area contributed by atoms with Gasteiger partial charge in [0.1, 0.15) is 5.75 Å². The summed E-state index contributed by atoms with van der Waals surface area (Å²) in [4.78, 5) is 1.24. The lowest BCUT2D eigenvalue weighted by atomic mass is 10.1. The standard InChI is InChI=1S/C22H20N2OS/c1-25-20-13-10-17(11-14-20)9-12-19-16-21(22-8-5-15-26-22)23-24(19)18-6-3-2-4-7-18/h2-16,19,23H,1H3. The van der Waals surface area contributed by atoms with E-state index in [0.717, 1.165) is 22.7 Å². The number of nitrogens with zero attached hydrogens (tertiary/aromatic N) is 1. The zero-order valence-electron chi connectivity index (χ0n) is 14.5. The molecular weight excluding hydrogens is 340 g/mol. The minimum atomic E-state index is 0.136. The molecule has 3 aromatic rings. The summed E-state index contributed by atoms with van der Waals surface area (Å²) in [6.07, 6.45) is 6.62. The van der Waals surface area contributed by atoms with Crippen molar-refractivity contribution >= 4 is 28.8 Å². The van der Waals surface area contributed by atoms with Crippen LogP contribution in [0.15, 0.2) is 84.3 Å². The summed E-state index contributed by atoms with van der Waals surface area (Å²) in [5.41, 5.74) is 6.98. The summed E-state index contributed by atoms with van der Waals surface area (Å²) in [6, 6.07) is 22.8. The predicted molar refractivity (Wildman–Crippen MR) is 110 cm³/mol. The van der Waals surface area contributed by atoms with Gasteiger partial charge in [-0.05, 0) is 47.4 Å². The van der Waals surface area contributed by atoms with Gasteiger partial charge in [-0.15, -0.1) is 11.3 Å². The van der Waals surface area contributed by atoms with Crippen LogP contribution in [0.1, 0.15) is 10.4 Å². The average molecular weight is 360 g/mol. The molecule has 4 rings (SSSR count). The highest BCUT2D eigenvalue weighted by Crippen LogP contribution is 2.29. The van der Waals surface area contributed by atoms with Gasteiger partial charge in [-0.25, -0.2) is 0 Å². The van der Waals surface area contributed by atoms with Crippen molar-refractivity contribution in [1.82, 2.24) is 5.43 Å². The van der Waals surface area contributed by atoms with Gasteiger partial charge in [0.25, 0.3) is 0 Å². The second-order valence-electron chi connectivity index (χ2n) is 6.00. The molecule has 1 aliphatic heterocycles. The number of rotatable bonds is 5. The van der Waals surface area contributed by atoms with Crippen LogP contribution in [-0.2, 0) is 0 Å². The lowest BCUT2D eigenvalue weighted by Gasteiger charge is -2.25. The van der Waals surface area contributed by atoms with Crippen LogP contribution in [0, 0.1) is 0 Å². The number of methoxy groups -OCH3 is 1. The molecule has 130 valence electrons. The third kappa shape index (κ3) is 3.51. The number of thiophene rings is 1. The molecule has 2 heterocycles. The highest BCUT2D eigenvalue weighted by molar-refractivity contribution is 7.11. The molecule has 0 saturated heterocycles. The van der Waals surface area contributed by atoms with Crippen LogP contribution in [0.25, 0.3) is 11.8 Å². The quantitative estimate of drug-likeness (QED) is 0.676. The maximum atomic E-state index is 5.23. The monoisotopic (exact) mass is 360 g/mol. The second-order valence-corrected chi connectivity index (χ2v) is 6.95. The smallest absolute Gasteiger partial charge is 0.118 e. The first-order valence-corrected chi connectivity index (χ1v) is 9.40. The van der Waals surface area contributed by atoms with E-state index < -0.39 is 0 Å². The molecule has 0 aliphatic carbocycles. The van der Waals surface area contributed by atoms with Gasteiger partial charge < -0.3 is 4.74 Å². The van der Waals surface area contributed by atoms with E-state index in [1.54, 1.807) is 18.4 Å². The van der Waals surface area contributed by atoms with Crippen molar-refractivity contribution in [2.75, 3.05) is 12.1 Å². The van der Waals surface area contributed by atoms with Crippen molar-refractivity contribution in [1.29, 1.82) is 0 Å². The van der Waals surface area contributed by atoms with Crippen LogP contribution in [0.5, 0.6) is 5.75 Å². The third-order valence-electron chi connectivity index (χ3n) is 4.30. The zero-order chi connectivity index (χ0) is 17.8. The van der Waals surface area contributed by atoms with Crippen LogP contribution in [0.3, 0.4) is 0 Å². The molecule has 3 nitrogen and oxygen atoms in total. The van der Waals surface area contributed by atoms with Gasteiger partial charge in [0, 0.05) is 0 Å². The molecule has 1 unspecified atom stereocenters. The Morgan fingerprint density at radius 1 is 1.00 bits per heavy atom. The van der Waals surface area contributed by atoms with Crippen LogP contribution >= 0.6 is 11.3 Å². The molecule has 0 radical (unpaired) electrons. The number of anilines is 1. The Hall–Kier alpha value is -2.98. The van der Waals surface area contributed by atoms with Gasteiger partial charge in [0.15, 0.2) is 0 Å². The Bertz CT molecular complexity index is 899. The molecule has 0 fully saturated rings. The van der Waals surface area contributed by atoms with Crippen molar-refractivity contribution in [3.63, 3.8) is 0 Å². The van der Waals surface area contributed by atoms with Gasteiger partial charge in [-0.3, -0.25) is 10.4 Å². The Morgan fingerprint density at radius 2 is 1.81 bits per heavy atom. The van der Waals surface area contributed by atoms with E-state index in [9.17, 15) is 0 Å². The average Bonchev–Trinajstić information content (AvgIpc) is 3.37. The van der Waals surface area contributed by atoms with E-state index in [-0.39, 0.29) is 6.04 Å². The fraction of sp³-hybridized carbons (Fsp3) is 0.0909. The number of para-hydroxylation sites is 1. The van der Waals surface area contributed by atoms with Crippen LogP contribution in [0.4, 0.5) is 5.69 Å². The molecule has 0 bridgehead atoms. The summed E-state index contributed by atoms with van der Waals surface area (Å²) in [6.45, 7) is 0. The van der Waals surface area contributed by atoms with Crippen LogP contribution < -0.4 is 15.2 Å². The Kier molecular flexibility index (Phi) is 4.75. The highest BCUT2D eigenvalue weighted by Gasteiger charge is 2.23. The molecule has 1 aromatic heterocycles. The third-order valence-corrected chi connectivity index (χ3v) is 5.20. The molecule has 0 spiro atoms. The van der Waals surface area contributed by atoms with Crippen molar-refractivity contribution < 1.29 is 4.74 Å². The first-order chi connectivity index (χ1) is 12.8. The zero-order valence-corrected chi connectivity index (χ0v) is 15.3. The minimum Gasteiger partial charge on any atom is -0.497 e. The first kappa shape index (κ1) is 16.5. The molecule has 0 saturated carbocycles. The Morgan fingerprint density at radius 3 is 2.50 bits per heavy atom. The summed E-state index contributed by atoms with van der Waals surface area (Å²) in [5, 5.41) is 4.29. The largest absolute Gasteiger partial charge is 0.497 e. The SMILES string of the molecule is COc1ccc(C=CC2C=C(c3cccs3)NN2c2ccccc2)cc1. The summed E-state index contributed by atoms with van der Waals surface area (Å²) in [7, 11) is 1.68. The topological polar surface area (TPSA) is 24.5 Å². The van der Waals surface area contributed by atoms with Gasteiger partial charge in [0.05, 0.1) is 29.4 Å². The van der Waals surface area contributed by atoms with Gasteiger partial charge in [-0.2, -0.15) is 0 Å². The summed E-state index contributed by atoms with van der Waals surface area (Å²) < 4.78 is 5.23. The number of hydrogen-bond acceptors (Lipinski definition) is 4.